The zero-order chi connectivity index (χ0) is 37.6. The number of fused-ring (bicyclic) bond motifs is 6. The number of aromatic nitrogens is 3. The van der Waals surface area contributed by atoms with Crippen molar-refractivity contribution in [1.29, 1.82) is 0 Å². The first-order valence-corrected chi connectivity index (χ1v) is 18.3. The van der Waals surface area contributed by atoms with Crippen LogP contribution in [0, 0.1) is 0 Å². The fourth-order valence-corrected chi connectivity index (χ4v) is 8.21. The minimum absolute atomic E-state index is 0.0219. The maximum atomic E-state index is 14.7. The van der Waals surface area contributed by atoms with Crippen LogP contribution in [0.5, 0.6) is 11.5 Å². The average Bonchev–Trinajstić information content (AvgIpc) is 3.72. The molecule has 2 amide bonds. The van der Waals surface area contributed by atoms with E-state index in [4.69, 9.17) is 9.47 Å². The molecule has 280 valence electrons. The highest BCUT2D eigenvalue weighted by molar-refractivity contribution is 6.02. The highest BCUT2D eigenvalue weighted by Gasteiger charge is 2.56. The zero-order valence-electron chi connectivity index (χ0n) is 30.6. The largest absolute Gasteiger partial charge is 0.456 e. The number of carbonyl (C=O) groups excluding carboxylic acids is 2. The van der Waals surface area contributed by atoms with Crippen molar-refractivity contribution in [3.8, 4) is 11.5 Å². The number of nitrogens with one attached hydrogen (secondary N) is 1. The predicted octanol–water partition coefficient (Wildman–Crippen LogP) is 3.14. The molecule has 14 heteroatoms. The van der Waals surface area contributed by atoms with E-state index >= 15 is 0 Å². The fraction of sp³-hybridized carbons (Fsp3) is 0.436. The molecule has 1 fully saturated rings. The first-order chi connectivity index (χ1) is 25.6. The van der Waals surface area contributed by atoms with E-state index in [0.717, 1.165) is 54.2 Å². The second-order valence-corrected chi connectivity index (χ2v) is 13.6. The van der Waals surface area contributed by atoms with Gasteiger partial charge in [0.15, 0.2) is 6.23 Å². The minimum Gasteiger partial charge on any atom is -0.456 e. The van der Waals surface area contributed by atoms with Crippen molar-refractivity contribution in [2.75, 3.05) is 42.6 Å². The van der Waals surface area contributed by atoms with E-state index in [9.17, 15) is 24.9 Å². The Morgan fingerprint density at radius 3 is 2.06 bits per heavy atom. The van der Waals surface area contributed by atoms with E-state index in [1.54, 1.807) is 6.20 Å². The summed E-state index contributed by atoms with van der Waals surface area (Å²) in [5.41, 5.74) is 4.32. The predicted molar refractivity (Wildman–Crippen MR) is 197 cm³/mol. The number of nitrogens with zero attached hydrogens (tertiary/aromatic N) is 6. The van der Waals surface area contributed by atoms with Gasteiger partial charge in [-0.05, 0) is 51.5 Å². The Balaban J connectivity index is 1.38. The van der Waals surface area contributed by atoms with Crippen LogP contribution in [0.4, 0.5) is 11.4 Å². The third kappa shape index (κ3) is 5.89. The standard InChI is InChI=1S/C39H47N7O7/c1-6-43(7-2)25-14-16-29-31(18-25)52-32-19-26(44(8-3)9-4)15-17-30(32)39(29)28-13-11-10-12-27(28)37(51)45(39)20-24-21-46(42-41-24)38-34(40-23(5)48)36(50)35(49)33(22-47)53-38/h10-19,21,33-36,38,47,49-50H,6-9,20,22H2,1-5H3,(H,40,48). The second kappa shape index (κ2) is 14.4. The molecule has 3 aromatic carbocycles. The average molecular weight is 726 g/mol. The highest BCUT2D eigenvalue weighted by atomic mass is 16.5. The quantitative estimate of drug-likeness (QED) is 0.180. The van der Waals surface area contributed by atoms with E-state index in [2.05, 4.69) is 89.5 Å². The minimum atomic E-state index is -1.46. The normalized spacial score (nSPS) is 22.5. The third-order valence-electron chi connectivity index (χ3n) is 10.8. The van der Waals surface area contributed by atoms with E-state index in [-0.39, 0.29) is 12.5 Å². The molecule has 5 atom stereocenters. The Hall–Kier alpha value is -5.02. The van der Waals surface area contributed by atoms with Crippen molar-refractivity contribution in [3.05, 3.63) is 94.8 Å². The van der Waals surface area contributed by atoms with Crippen LogP contribution in [0.1, 0.15) is 73.6 Å². The smallest absolute Gasteiger partial charge is 0.255 e. The summed E-state index contributed by atoms with van der Waals surface area (Å²) in [6.07, 6.45) is -3.56. The molecule has 0 bridgehead atoms. The first-order valence-electron chi connectivity index (χ1n) is 18.3. The Morgan fingerprint density at radius 1 is 0.887 bits per heavy atom. The third-order valence-corrected chi connectivity index (χ3v) is 10.8. The number of amides is 2. The van der Waals surface area contributed by atoms with Crippen LogP contribution in [0.25, 0.3) is 0 Å². The number of hydrogen-bond acceptors (Lipinski definition) is 11. The van der Waals surface area contributed by atoms with Gasteiger partial charge < -0.3 is 44.8 Å². The second-order valence-electron chi connectivity index (χ2n) is 13.6. The summed E-state index contributed by atoms with van der Waals surface area (Å²) < 4.78 is 14.1. The van der Waals surface area contributed by atoms with Gasteiger partial charge in [-0.3, -0.25) is 9.59 Å². The molecular weight excluding hydrogens is 678 g/mol. The monoisotopic (exact) mass is 725 g/mol. The van der Waals surface area contributed by atoms with Crippen LogP contribution in [-0.4, -0.2) is 104 Å². The van der Waals surface area contributed by atoms with Crippen LogP contribution in [0.2, 0.25) is 0 Å². The lowest BCUT2D eigenvalue weighted by Gasteiger charge is -2.44. The lowest BCUT2D eigenvalue weighted by atomic mass is 9.74. The molecular formula is C39H47N7O7. The molecule has 53 heavy (non-hydrogen) atoms. The molecule has 4 N–H and O–H groups in total. The molecule has 0 saturated carbocycles. The molecule has 3 aliphatic rings. The lowest BCUT2D eigenvalue weighted by Crippen LogP contribution is -2.62. The molecule has 5 unspecified atom stereocenters. The topological polar surface area (TPSA) is 166 Å². The van der Waals surface area contributed by atoms with Gasteiger partial charge in [0.25, 0.3) is 5.91 Å². The van der Waals surface area contributed by atoms with Gasteiger partial charge in [-0.1, -0.05) is 35.5 Å². The molecule has 7 rings (SSSR count). The van der Waals surface area contributed by atoms with Crippen LogP contribution >= 0.6 is 0 Å². The van der Waals surface area contributed by atoms with Gasteiger partial charge in [0.2, 0.25) is 5.91 Å². The van der Waals surface area contributed by atoms with Crippen molar-refractivity contribution in [3.63, 3.8) is 0 Å². The summed E-state index contributed by atoms with van der Waals surface area (Å²) >= 11 is 0. The van der Waals surface area contributed by atoms with Gasteiger partial charge in [-0.25, -0.2) is 4.68 Å². The van der Waals surface area contributed by atoms with Crippen LogP contribution in [0.3, 0.4) is 0 Å². The SMILES string of the molecule is CCN(CC)c1ccc2c(c1)Oc1cc(N(CC)CC)ccc1C21c2ccccc2C(=O)N1Cc1cn(C2OC(CO)C(O)C(O)C2NC(C)=O)nn1. The van der Waals surface area contributed by atoms with Crippen LogP contribution in [0.15, 0.2) is 66.9 Å². The summed E-state index contributed by atoms with van der Waals surface area (Å²) in [5, 5.41) is 42.8. The lowest BCUT2D eigenvalue weighted by molar-refractivity contribution is -0.219. The maximum absolute atomic E-state index is 14.7. The van der Waals surface area contributed by atoms with E-state index in [1.165, 1.54) is 11.6 Å². The molecule has 3 aliphatic heterocycles. The zero-order valence-corrected chi connectivity index (χ0v) is 30.6. The number of carbonyl (C=O) groups is 2. The summed E-state index contributed by atoms with van der Waals surface area (Å²) in [5.74, 6) is 0.643. The van der Waals surface area contributed by atoms with Gasteiger partial charge in [0, 0.05) is 73.3 Å². The van der Waals surface area contributed by atoms with Crippen LogP contribution < -0.4 is 19.9 Å². The summed E-state index contributed by atoms with van der Waals surface area (Å²) in [6, 6.07) is 18.9. The van der Waals surface area contributed by atoms with Crippen molar-refractivity contribution in [1.82, 2.24) is 25.2 Å². The number of anilines is 2. The van der Waals surface area contributed by atoms with E-state index in [1.807, 2.05) is 29.2 Å². The van der Waals surface area contributed by atoms with E-state index < -0.39 is 48.6 Å². The summed E-state index contributed by atoms with van der Waals surface area (Å²) in [7, 11) is 0. The molecule has 4 aromatic rings. The van der Waals surface area contributed by atoms with Gasteiger partial charge >= 0.3 is 0 Å². The number of aliphatic hydroxyl groups is 3. The van der Waals surface area contributed by atoms with Gasteiger partial charge in [0.05, 0.1) is 19.3 Å². The molecule has 0 radical (unpaired) electrons. The Bertz CT molecular complexity index is 1930. The van der Waals surface area contributed by atoms with E-state index in [0.29, 0.717) is 22.8 Å². The number of aliphatic hydroxyl groups excluding tert-OH is 3. The fourth-order valence-electron chi connectivity index (χ4n) is 8.21. The van der Waals surface area contributed by atoms with Crippen molar-refractivity contribution < 1.29 is 34.4 Å². The molecule has 4 heterocycles. The van der Waals surface area contributed by atoms with Gasteiger partial charge in [-0.2, -0.15) is 0 Å². The Kier molecular flexibility index (Phi) is 9.89. The van der Waals surface area contributed by atoms with Gasteiger partial charge in [0.1, 0.15) is 47.1 Å². The number of hydrogen-bond donors (Lipinski definition) is 4. The molecule has 1 spiro atoms. The number of rotatable bonds is 11. The first kappa shape index (κ1) is 36.3. The Morgan fingerprint density at radius 2 is 1.49 bits per heavy atom. The van der Waals surface area contributed by atoms with Crippen molar-refractivity contribution >= 4 is 23.2 Å². The van der Waals surface area contributed by atoms with Crippen molar-refractivity contribution in [2.45, 2.75) is 77.3 Å². The molecule has 1 saturated heterocycles. The number of benzene rings is 3. The number of ether oxygens (including phenoxy) is 2. The maximum Gasteiger partial charge on any atom is 0.255 e. The summed E-state index contributed by atoms with van der Waals surface area (Å²) in [6.45, 7) is 12.4. The summed E-state index contributed by atoms with van der Waals surface area (Å²) in [4.78, 5) is 33.2. The highest BCUT2D eigenvalue weighted by Crippen LogP contribution is 2.58. The molecule has 1 aromatic heterocycles. The van der Waals surface area contributed by atoms with Gasteiger partial charge in [-0.15, -0.1) is 5.10 Å². The molecule has 0 aliphatic carbocycles. The Labute approximate surface area is 308 Å². The van der Waals surface area contributed by atoms with Crippen molar-refractivity contribution in [2.24, 2.45) is 0 Å². The van der Waals surface area contributed by atoms with Crippen LogP contribution in [-0.2, 0) is 21.6 Å². The molecule has 14 nitrogen and oxygen atoms in total.